The zero-order chi connectivity index (χ0) is 22.9. The summed E-state index contributed by atoms with van der Waals surface area (Å²) in [5.74, 6) is -5.37. The molecule has 166 valence electrons. The first-order chi connectivity index (χ1) is 13.3. The molecule has 0 spiro atoms. The molecule has 0 radical (unpaired) electrons. The van der Waals surface area contributed by atoms with E-state index in [1.807, 2.05) is 0 Å². The van der Waals surface area contributed by atoms with Crippen LogP contribution in [0.15, 0.2) is 0 Å². The number of aliphatic hydroxyl groups excluding tert-OH is 1. The number of nitrogens with two attached hydrogens (primary N) is 2. The molecule has 0 aliphatic carbocycles. The van der Waals surface area contributed by atoms with E-state index in [1.54, 1.807) is 13.8 Å². The molecule has 0 bridgehead atoms. The smallest absolute Gasteiger partial charge is 0.326 e. The molecule has 0 aromatic heterocycles. The average Bonchev–Trinajstić information content (AvgIpc) is 2.61. The molecule has 0 aliphatic heterocycles. The van der Waals surface area contributed by atoms with E-state index in [-0.39, 0.29) is 5.75 Å². The van der Waals surface area contributed by atoms with Gasteiger partial charge in [0.15, 0.2) is 0 Å². The summed E-state index contributed by atoms with van der Waals surface area (Å²) in [7, 11) is 0. The largest absolute Gasteiger partial charge is 0.480 e. The molecule has 0 aliphatic rings. The van der Waals surface area contributed by atoms with Gasteiger partial charge in [-0.1, -0.05) is 13.8 Å². The Balaban J connectivity index is 5.20. The Morgan fingerprint density at radius 3 is 1.83 bits per heavy atom. The van der Waals surface area contributed by atoms with Gasteiger partial charge in [0.1, 0.15) is 24.2 Å². The van der Waals surface area contributed by atoms with Gasteiger partial charge in [-0.2, -0.15) is 12.6 Å². The Hall–Kier alpha value is -2.38. The van der Waals surface area contributed by atoms with Crippen molar-refractivity contribution < 1.29 is 34.2 Å². The summed E-state index contributed by atoms with van der Waals surface area (Å²) >= 11 is 3.97. The molecule has 29 heavy (non-hydrogen) atoms. The fourth-order valence-electron chi connectivity index (χ4n) is 2.13. The van der Waals surface area contributed by atoms with Crippen molar-refractivity contribution in [2.24, 2.45) is 17.4 Å². The van der Waals surface area contributed by atoms with E-state index < -0.39 is 72.2 Å². The maximum atomic E-state index is 12.6. The first-order valence-corrected chi connectivity index (χ1v) is 9.41. The fraction of sp³-hybridized carbons (Fsp3) is 0.688. The number of rotatable bonds is 12. The number of hydrogen-bond donors (Lipinski definition) is 8. The van der Waals surface area contributed by atoms with E-state index in [9.17, 15) is 29.1 Å². The van der Waals surface area contributed by atoms with Gasteiger partial charge in [-0.25, -0.2) is 4.79 Å². The number of thiol groups is 1. The number of carbonyl (C=O) groups is 5. The molecule has 9 N–H and O–H groups in total. The van der Waals surface area contributed by atoms with Crippen LogP contribution in [0.1, 0.15) is 27.2 Å². The lowest BCUT2D eigenvalue weighted by molar-refractivity contribution is -0.143. The third-order valence-electron chi connectivity index (χ3n) is 3.90. The average molecular weight is 436 g/mol. The standard InChI is InChI=1S/C16H29N5O7S/c1-6(2)12(21-14(25)11(18)7(3)22)15(26)20-9(5-29)13(24)19-8(16(27)28)4-10(17)23/h6-9,11-12,22,29H,4-5,18H2,1-3H3,(H2,17,23)(H,19,24)(H,20,26)(H,21,25)(H,27,28). The van der Waals surface area contributed by atoms with Gasteiger partial charge in [-0.15, -0.1) is 0 Å². The van der Waals surface area contributed by atoms with Crippen LogP contribution in [0.4, 0.5) is 0 Å². The lowest BCUT2D eigenvalue weighted by atomic mass is 10.0. The SMILES string of the molecule is CC(C)C(NC(=O)C(N)C(C)O)C(=O)NC(CS)C(=O)NC(CC(N)=O)C(=O)O. The summed E-state index contributed by atoms with van der Waals surface area (Å²) in [6, 6.07) is -5.14. The zero-order valence-corrected chi connectivity index (χ0v) is 17.3. The Morgan fingerprint density at radius 2 is 1.45 bits per heavy atom. The van der Waals surface area contributed by atoms with Gasteiger partial charge >= 0.3 is 5.97 Å². The van der Waals surface area contributed by atoms with Crippen molar-refractivity contribution >= 4 is 42.2 Å². The van der Waals surface area contributed by atoms with Crippen LogP contribution >= 0.6 is 12.6 Å². The minimum atomic E-state index is -1.57. The number of carboxylic acids is 1. The Bertz CT molecular complexity index is 629. The lowest BCUT2D eigenvalue weighted by Crippen LogP contribution is -2.59. The maximum Gasteiger partial charge on any atom is 0.326 e. The highest BCUT2D eigenvalue weighted by Gasteiger charge is 2.32. The van der Waals surface area contributed by atoms with E-state index in [0.29, 0.717) is 0 Å². The maximum absolute atomic E-state index is 12.6. The minimum Gasteiger partial charge on any atom is -0.480 e. The fourth-order valence-corrected chi connectivity index (χ4v) is 2.39. The molecule has 5 unspecified atom stereocenters. The molecular weight excluding hydrogens is 406 g/mol. The molecule has 0 heterocycles. The van der Waals surface area contributed by atoms with Gasteiger partial charge in [-0.3, -0.25) is 19.2 Å². The molecule has 0 aromatic carbocycles. The first-order valence-electron chi connectivity index (χ1n) is 8.78. The Morgan fingerprint density at radius 1 is 0.931 bits per heavy atom. The monoisotopic (exact) mass is 435 g/mol. The molecule has 0 saturated heterocycles. The predicted molar refractivity (Wildman–Crippen MR) is 106 cm³/mol. The number of carboxylic acid groups (broad SMARTS) is 1. The molecule has 5 atom stereocenters. The quantitative estimate of drug-likeness (QED) is 0.145. The third kappa shape index (κ3) is 9.11. The molecular formula is C16H29N5O7S. The molecule has 4 amide bonds. The van der Waals surface area contributed by atoms with Gasteiger partial charge < -0.3 is 37.6 Å². The normalized spacial score (nSPS) is 16.1. The predicted octanol–water partition coefficient (Wildman–Crippen LogP) is -3.31. The van der Waals surface area contributed by atoms with Crippen LogP contribution in [-0.2, 0) is 24.0 Å². The number of aliphatic hydroxyl groups is 1. The van der Waals surface area contributed by atoms with Crippen LogP contribution in [0.3, 0.4) is 0 Å². The Labute approximate surface area is 173 Å². The van der Waals surface area contributed by atoms with Crippen molar-refractivity contribution in [3.63, 3.8) is 0 Å². The number of primary amides is 1. The molecule has 0 saturated carbocycles. The highest BCUT2D eigenvalue weighted by molar-refractivity contribution is 7.80. The van der Waals surface area contributed by atoms with E-state index in [2.05, 4.69) is 28.6 Å². The van der Waals surface area contributed by atoms with Crippen molar-refractivity contribution in [1.29, 1.82) is 0 Å². The van der Waals surface area contributed by atoms with Crippen LogP contribution in [0.2, 0.25) is 0 Å². The second-order valence-corrected chi connectivity index (χ2v) is 7.18. The van der Waals surface area contributed by atoms with Gasteiger partial charge in [0, 0.05) is 5.75 Å². The lowest BCUT2D eigenvalue weighted by Gasteiger charge is -2.26. The van der Waals surface area contributed by atoms with Crippen molar-refractivity contribution in [1.82, 2.24) is 16.0 Å². The van der Waals surface area contributed by atoms with Gasteiger partial charge in [-0.05, 0) is 12.8 Å². The second-order valence-electron chi connectivity index (χ2n) is 6.81. The van der Waals surface area contributed by atoms with Crippen LogP contribution in [0.5, 0.6) is 0 Å². The summed E-state index contributed by atoms with van der Waals surface area (Å²) in [6.45, 7) is 4.60. The van der Waals surface area contributed by atoms with E-state index in [0.717, 1.165) is 0 Å². The topological polar surface area (TPSA) is 214 Å². The van der Waals surface area contributed by atoms with Crippen LogP contribution in [-0.4, -0.2) is 75.8 Å². The van der Waals surface area contributed by atoms with Gasteiger partial charge in [0.25, 0.3) is 0 Å². The number of amides is 4. The van der Waals surface area contributed by atoms with E-state index in [4.69, 9.17) is 16.6 Å². The van der Waals surface area contributed by atoms with Crippen molar-refractivity contribution in [3.05, 3.63) is 0 Å². The van der Waals surface area contributed by atoms with Crippen LogP contribution in [0, 0.1) is 5.92 Å². The number of carbonyl (C=O) groups excluding carboxylic acids is 4. The zero-order valence-electron chi connectivity index (χ0n) is 16.4. The molecule has 0 aromatic rings. The molecule has 12 nitrogen and oxygen atoms in total. The summed E-state index contributed by atoms with van der Waals surface area (Å²) in [5.41, 5.74) is 10.5. The van der Waals surface area contributed by atoms with Crippen molar-refractivity contribution in [2.45, 2.75) is 57.5 Å². The van der Waals surface area contributed by atoms with Gasteiger partial charge in [0.05, 0.1) is 12.5 Å². The number of nitrogens with one attached hydrogen (secondary N) is 3. The number of hydrogen-bond acceptors (Lipinski definition) is 8. The highest BCUT2D eigenvalue weighted by atomic mass is 32.1. The van der Waals surface area contributed by atoms with E-state index in [1.165, 1.54) is 6.92 Å². The van der Waals surface area contributed by atoms with Crippen molar-refractivity contribution in [3.8, 4) is 0 Å². The molecule has 0 rings (SSSR count). The Kier molecular flexibility index (Phi) is 11.2. The first kappa shape index (κ1) is 26.6. The molecule has 13 heteroatoms. The van der Waals surface area contributed by atoms with E-state index >= 15 is 0 Å². The highest BCUT2D eigenvalue weighted by Crippen LogP contribution is 2.05. The summed E-state index contributed by atoms with van der Waals surface area (Å²) in [6.07, 6.45) is -1.77. The minimum absolute atomic E-state index is 0.188. The van der Waals surface area contributed by atoms with Crippen molar-refractivity contribution in [2.75, 3.05) is 5.75 Å². The second kappa shape index (κ2) is 12.2. The van der Waals surface area contributed by atoms with Crippen LogP contribution in [0.25, 0.3) is 0 Å². The number of aliphatic carboxylic acids is 1. The van der Waals surface area contributed by atoms with Crippen LogP contribution < -0.4 is 27.4 Å². The third-order valence-corrected chi connectivity index (χ3v) is 4.27. The summed E-state index contributed by atoms with van der Waals surface area (Å²) < 4.78 is 0. The summed E-state index contributed by atoms with van der Waals surface area (Å²) in [4.78, 5) is 58.9. The molecule has 0 fully saturated rings. The van der Waals surface area contributed by atoms with Gasteiger partial charge in [0.2, 0.25) is 23.6 Å². The summed E-state index contributed by atoms with van der Waals surface area (Å²) in [5, 5.41) is 25.3.